The fourth-order valence-electron chi connectivity index (χ4n) is 4.88. The summed E-state index contributed by atoms with van der Waals surface area (Å²) in [6, 6.07) is 0. The molecule has 0 spiro atoms. The second kappa shape index (κ2) is 8.17. The van der Waals surface area contributed by atoms with E-state index in [0.29, 0.717) is 0 Å². The van der Waals surface area contributed by atoms with Gasteiger partial charge in [-0.05, 0) is 11.1 Å². The largest absolute Gasteiger partial charge is 0.0535 e. The Hall–Kier alpha value is 0.434. The Morgan fingerprint density at radius 2 is 0.900 bits per heavy atom. The van der Waals surface area contributed by atoms with Crippen LogP contribution < -0.4 is 0 Å². The molecule has 0 aromatic rings. The van der Waals surface area contributed by atoms with Crippen LogP contribution in [0.2, 0.25) is 16.6 Å². The van der Waals surface area contributed by atoms with Crippen molar-refractivity contribution in [3.05, 3.63) is 0 Å². The first-order valence-electron chi connectivity index (χ1n) is 9.57. The predicted molar refractivity (Wildman–Crippen MR) is 92.0 cm³/mol. The molecule has 0 bridgehead atoms. The molecule has 3 rings (SSSR count). The van der Waals surface area contributed by atoms with Gasteiger partial charge in [-0.15, -0.1) is 0 Å². The summed E-state index contributed by atoms with van der Waals surface area (Å²) < 4.78 is 0. The summed E-state index contributed by atoms with van der Waals surface area (Å²) in [6.07, 6.45) is 23.7. The molecule has 3 saturated carbocycles. The van der Waals surface area contributed by atoms with E-state index in [0.717, 1.165) is 0 Å². The van der Waals surface area contributed by atoms with Gasteiger partial charge in [0.15, 0.2) is 0 Å². The quantitative estimate of drug-likeness (QED) is 0.550. The van der Waals surface area contributed by atoms with Crippen molar-refractivity contribution in [2.75, 3.05) is 0 Å². The molecule has 0 aliphatic heterocycles. The van der Waals surface area contributed by atoms with Gasteiger partial charge in [-0.3, -0.25) is 0 Å². The third-order valence-electron chi connectivity index (χ3n) is 6.07. The second-order valence-electron chi connectivity index (χ2n) is 7.60. The predicted octanol–water partition coefficient (Wildman–Crippen LogP) is 6.10. The third kappa shape index (κ3) is 4.22. The van der Waals surface area contributed by atoms with Crippen LogP contribution >= 0.6 is 0 Å². The highest BCUT2D eigenvalue weighted by atomic mass is 29.2. The number of hydrogen-bond acceptors (Lipinski definition) is 0. The molecule has 3 radical (unpaired) electrons. The smallest absolute Gasteiger partial charge is 0.0411 e. The molecule has 0 unspecified atom stereocenters. The highest BCUT2D eigenvalue weighted by Gasteiger charge is 2.35. The maximum Gasteiger partial charge on any atom is 0.0411 e. The minimum absolute atomic E-state index is 0.0170. The molecule has 0 saturated heterocycles. The molecule has 3 aliphatic rings. The first kappa shape index (κ1) is 15.3. The lowest BCUT2D eigenvalue weighted by Gasteiger charge is -2.38. The van der Waals surface area contributed by atoms with Crippen LogP contribution in [0.3, 0.4) is 0 Å². The summed E-state index contributed by atoms with van der Waals surface area (Å²) in [5.74, 6) is 0. The van der Waals surface area contributed by atoms with Crippen LogP contribution in [-0.2, 0) is 0 Å². The minimum atomic E-state index is -0.0170. The lowest BCUT2D eigenvalue weighted by atomic mass is 9.99. The normalized spacial score (nSPS) is 28.1. The van der Waals surface area contributed by atoms with E-state index in [-0.39, 0.29) is 8.31 Å². The molecule has 0 nitrogen and oxygen atoms in total. The van der Waals surface area contributed by atoms with Gasteiger partial charge in [0.2, 0.25) is 0 Å². The first-order valence-corrected chi connectivity index (χ1v) is 13.3. The highest BCUT2D eigenvalue weighted by Crippen LogP contribution is 2.43. The zero-order chi connectivity index (χ0) is 13.6. The standard InChI is InChI=1S/C18H33Si2/c1-4-10-16(11-5-1)19-20(17-12-6-2-7-13-17)18-14-8-3-9-15-18/h16-18H,1-15H2. The third-order valence-corrected chi connectivity index (χ3v) is 15.0. The Bertz CT molecular complexity index is 243. The zero-order valence-electron chi connectivity index (χ0n) is 13.3. The molecule has 0 N–H and O–H groups in total. The van der Waals surface area contributed by atoms with Crippen molar-refractivity contribution in [2.24, 2.45) is 0 Å². The maximum atomic E-state index is 1.63. The van der Waals surface area contributed by atoms with E-state index in [4.69, 9.17) is 0 Å². The Balaban J connectivity index is 1.61. The van der Waals surface area contributed by atoms with Gasteiger partial charge >= 0.3 is 0 Å². The topological polar surface area (TPSA) is 0 Å². The summed E-state index contributed by atoms with van der Waals surface area (Å²) in [7, 11) is 1.42. The lowest BCUT2D eigenvalue weighted by molar-refractivity contribution is 0.464. The molecule has 0 atom stereocenters. The Labute approximate surface area is 130 Å². The van der Waals surface area contributed by atoms with Gasteiger partial charge < -0.3 is 0 Å². The molecule has 20 heavy (non-hydrogen) atoms. The fourth-order valence-corrected chi connectivity index (χ4v) is 14.7. The highest BCUT2D eigenvalue weighted by molar-refractivity contribution is 7.14. The zero-order valence-corrected chi connectivity index (χ0v) is 15.3. The van der Waals surface area contributed by atoms with Gasteiger partial charge in [-0.25, -0.2) is 0 Å². The van der Waals surface area contributed by atoms with Crippen LogP contribution in [0.25, 0.3) is 0 Å². The van der Waals surface area contributed by atoms with E-state index >= 15 is 0 Å². The molecule has 3 fully saturated rings. The molecular weight excluding hydrogens is 272 g/mol. The average Bonchev–Trinajstić information content (AvgIpc) is 2.55. The molecule has 2 heteroatoms. The molecule has 0 amide bonds. The van der Waals surface area contributed by atoms with Gasteiger partial charge in [0.05, 0.1) is 0 Å². The number of hydrogen-bond donors (Lipinski definition) is 0. The summed E-state index contributed by atoms with van der Waals surface area (Å²) in [6.45, 7) is 0. The van der Waals surface area contributed by atoms with Crippen LogP contribution in [0.1, 0.15) is 96.3 Å². The molecule has 0 aromatic heterocycles. The van der Waals surface area contributed by atoms with Crippen molar-refractivity contribution >= 4 is 17.4 Å². The van der Waals surface area contributed by atoms with Crippen molar-refractivity contribution in [3.8, 4) is 0 Å². The van der Waals surface area contributed by atoms with Crippen molar-refractivity contribution < 1.29 is 0 Å². The van der Waals surface area contributed by atoms with E-state index in [9.17, 15) is 0 Å². The number of rotatable bonds is 4. The van der Waals surface area contributed by atoms with Crippen molar-refractivity contribution in [1.82, 2.24) is 0 Å². The van der Waals surface area contributed by atoms with Crippen LogP contribution in [0.4, 0.5) is 0 Å². The van der Waals surface area contributed by atoms with E-state index in [1.807, 2.05) is 0 Å². The molecule has 0 aromatic carbocycles. The Morgan fingerprint density at radius 1 is 0.500 bits per heavy atom. The van der Waals surface area contributed by atoms with Crippen molar-refractivity contribution in [1.29, 1.82) is 0 Å². The summed E-state index contributed by atoms with van der Waals surface area (Å²) >= 11 is 0. The molecule has 113 valence electrons. The van der Waals surface area contributed by atoms with Crippen LogP contribution in [0.15, 0.2) is 0 Å². The van der Waals surface area contributed by atoms with Crippen molar-refractivity contribution in [3.63, 3.8) is 0 Å². The molecular formula is C18H33Si2. The lowest BCUT2D eigenvalue weighted by Crippen LogP contribution is -2.38. The Morgan fingerprint density at radius 3 is 1.35 bits per heavy atom. The minimum Gasteiger partial charge on any atom is -0.0535 e. The van der Waals surface area contributed by atoms with Crippen LogP contribution in [0.5, 0.6) is 0 Å². The van der Waals surface area contributed by atoms with Gasteiger partial charge in [0.25, 0.3) is 0 Å². The summed E-state index contributed by atoms with van der Waals surface area (Å²) in [5.41, 5.74) is 3.65. The van der Waals surface area contributed by atoms with Gasteiger partial charge in [-0.2, -0.15) is 0 Å². The van der Waals surface area contributed by atoms with E-state index < -0.39 is 0 Å². The monoisotopic (exact) mass is 305 g/mol. The van der Waals surface area contributed by atoms with Crippen LogP contribution in [0, 0.1) is 0 Å². The maximum absolute atomic E-state index is 1.63. The summed E-state index contributed by atoms with van der Waals surface area (Å²) in [5, 5.41) is 0. The van der Waals surface area contributed by atoms with E-state index in [1.54, 1.807) is 89.9 Å². The second-order valence-corrected chi connectivity index (χ2v) is 13.9. The van der Waals surface area contributed by atoms with Gasteiger partial charge in [0.1, 0.15) is 0 Å². The fraction of sp³-hybridized carbons (Fsp3) is 1.00. The van der Waals surface area contributed by atoms with Crippen LogP contribution in [-0.4, -0.2) is 17.4 Å². The SMILES string of the molecule is C1CCC([Si][Si](C2CCCCC2)C2CCCCC2)CC1. The Kier molecular flexibility index (Phi) is 6.26. The average molecular weight is 306 g/mol. The first-order chi connectivity index (χ1) is 9.93. The van der Waals surface area contributed by atoms with E-state index in [2.05, 4.69) is 0 Å². The van der Waals surface area contributed by atoms with Crippen molar-refractivity contribution in [2.45, 2.75) is 113 Å². The van der Waals surface area contributed by atoms with Gasteiger partial charge in [0, 0.05) is 17.4 Å². The summed E-state index contributed by atoms with van der Waals surface area (Å²) in [4.78, 5) is 0. The molecule has 0 heterocycles. The van der Waals surface area contributed by atoms with Gasteiger partial charge in [-0.1, -0.05) is 102 Å². The van der Waals surface area contributed by atoms with E-state index in [1.165, 1.54) is 32.1 Å². The molecule has 3 aliphatic carbocycles.